The van der Waals surface area contributed by atoms with Gasteiger partial charge in [0.2, 0.25) is 5.91 Å². The van der Waals surface area contributed by atoms with Gasteiger partial charge in [0, 0.05) is 25.8 Å². The topological polar surface area (TPSA) is 87.5 Å². The molecule has 0 saturated carbocycles. The summed E-state index contributed by atoms with van der Waals surface area (Å²) in [5.74, 6) is -0.388. The van der Waals surface area contributed by atoms with Gasteiger partial charge in [-0.1, -0.05) is 30.3 Å². The number of Topliss-reactive ketones (excluding diaryl/α,β-unsaturated/α-hetero) is 1. The molecule has 3 heterocycles. The van der Waals surface area contributed by atoms with Gasteiger partial charge in [0.1, 0.15) is 6.54 Å². The molecule has 3 aromatic rings. The molecule has 8 nitrogen and oxygen atoms in total. The zero-order valence-electron chi connectivity index (χ0n) is 18.0. The van der Waals surface area contributed by atoms with Crippen molar-refractivity contribution in [3.05, 3.63) is 70.2 Å². The summed E-state index contributed by atoms with van der Waals surface area (Å²) in [5.41, 5.74) is 1.69. The second-order valence-corrected chi connectivity index (χ2v) is 8.93. The van der Waals surface area contributed by atoms with E-state index in [9.17, 15) is 14.4 Å². The average molecular weight is 452 g/mol. The molecular weight excluding hydrogens is 426 g/mol. The molecule has 32 heavy (non-hydrogen) atoms. The number of likely N-dealkylation sites (N-methyl/N-ethyl adjacent to an activating group) is 1. The van der Waals surface area contributed by atoms with Gasteiger partial charge >= 0.3 is 0 Å². The van der Waals surface area contributed by atoms with Crippen molar-refractivity contribution in [2.45, 2.75) is 19.5 Å². The number of carbonyl (C=O) groups excluding carboxylic acids is 3. The Labute approximate surface area is 190 Å². The van der Waals surface area contributed by atoms with E-state index in [-0.39, 0.29) is 30.2 Å². The highest BCUT2D eigenvalue weighted by Crippen LogP contribution is 2.24. The minimum Gasteiger partial charge on any atom is -0.338 e. The van der Waals surface area contributed by atoms with Crippen LogP contribution in [0, 0.1) is 0 Å². The molecule has 4 rings (SSSR count). The molecule has 1 fully saturated rings. The Balaban J connectivity index is 1.36. The molecule has 9 heteroatoms. The second-order valence-electron chi connectivity index (χ2n) is 7.85. The fourth-order valence-corrected chi connectivity index (χ4v) is 4.53. The van der Waals surface area contributed by atoms with Crippen LogP contribution in [0.5, 0.6) is 0 Å². The highest BCUT2D eigenvalue weighted by atomic mass is 32.1. The Morgan fingerprint density at radius 2 is 1.84 bits per heavy atom. The van der Waals surface area contributed by atoms with Crippen LogP contribution < -0.4 is 5.32 Å². The van der Waals surface area contributed by atoms with Gasteiger partial charge in [-0.3, -0.25) is 24.0 Å². The van der Waals surface area contributed by atoms with Crippen LogP contribution in [0.4, 0.5) is 5.69 Å². The lowest BCUT2D eigenvalue weighted by molar-refractivity contribution is -0.134. The summed E-state index contributed by atoms with van der Waals surface area (Å²) in [5, 5.41) is 6.98. The van der Waals surface area contributed by atoms with Crippen molar-refractivity contribution in [1.82, 2.24) is 19.6 Å². The standard InChI is InChI=1S/C23H25N5O3S/c1-16(29)20-8-9-21(32-20)23(31)25-18-12-24-28(13-18)15-22(30)27-11-10-26(2)19(14-27)17-6-4-3-5-7-17/h3-9,12-13,19H,10-11,14-15H2,1-2H3,(H,25,31). The van der Waals surface area contributed by atoms with E-state index in [4.69, 9.17) is 0 Å². The third-order valence-corrected chi connectivity index (χ3v) is 6.74. The van der Waals surface area contributed by atoms with Crippen LogP contribution in [0.15, 0.2) is 54.9 Å². The normalized spacial score (nSPS) is 16.7. The molecule has 1 N–H and O–H groups in total. The van der Waals surface area contributed by atoms with Crippen molar-refractivity contribution in [2.75, 3.05) is 32.0 Å². The number of carbonyl (C=O) groups is 3. The molecule has 1 saturated heterocycles. The lowest BCUT2D eigenvalue weighted by Gasteiger charge is -2.39. The van der Waals surface area contributed by atoms with E-state index in [0.29, 0.717) is 28.5 Å². The first-order valence-corrected chi connectivity index (χ1v) is 11.2. The summed E-state index contributed by atoms with van der Waals surface area (Å²) in [7, 11) is 2.08. The number of thiophene rings is 1. The first kappa shape index (κ1) is 21.9. The third kappa shape index (κ3) is 4.95. The molecule has 1 aliphatic rings. The van der Waals surface area contributed by atoms with E-state index in [2.05, 4.69) is 34.5 Å². The molecule has 1 aliphatic heterocycles. The van der Waals surface area contributed by atoms with Crippen molar-refractivity contribution in [1.29, 1.82) is 0 Å². The number of hydrogen-bond donors (Lipinski definition) is 1. The van der Waals surface area contributed by atoms with E-state index in [1.54, 1.807) is 18.3 Å². The number of piperazine rings is 1. The van der Waals surface area contributed by atoms with E-state index < -0.39 is 0 Å². The average Bonchev–Trinajstić information content (AvgIpc) is 3.45. The maximum atomic E-state index is 12.9. The zero-order chi connectivity index (χ0) is 22.7. The minimum absolute atomic E-state index is 0.00985. The molecular formula is C23H25N5O3S. The Bertz CT molecular complexity index is 1120. The number of nitrogens with zero attached hydrogens (tertiary/aromatic N) is 4. The largest absolute Gasteiger partial charge is 0.338 e. The zero-order valence-corrected chi connectivity index (χ0v) is 18.8. The van der Waals surface area contributed by atoms with Crippen LogP contribution in [-0.2, 0) is 11.3 Å². The van der Waals surface area contributed by atoms with Gasteiger partial charge in [-0.2, -0.15) is 5.10 Å². The summed E-state index contributed by atoms with van der Waals surface area (Å²) >= 11 is 1.15. The lowest BCUT2D eigenvalue weighted by atomic mass is 10.0. The van der Waals surface area contributed by atoms with Crippen LogP contribution in [0.2, 0.25) is 0 Å². The highest BCUT2D eigenvalue weighted by Gasteiger charge is 2.28. The quantitative estimate of drug-likeness (QED) is 0.583. The maximum Gasteiger partial charge on any atom is 0.265 e. The fraction of sp³-hybridized carbons (Fsp3) is 0.304. The van der Waals surface area contributed by atoms with Gasteiger partial charge in [0.05, 0.1) is 27.7 Å². The molecule has 1 unspecified atom stereocenters. The Hall–Kier alpha value is -3.30. The highest BCUT2D eigenvalue weighted by molar-refractivity contribution is 7.16. The number of nitrogens with one attached hydrogen (secondary N) is 1. The van der Waals surface area contributed by atoms with Crippen LogP contribution in [0.1, 0.15) is 37.9 Å². The first-order chi connectivity index (χ1) is 15.4. The van der Waals surface area contributed by atoms with Gasteiger partial charge in [0.15, 0.2) is 5.78 Å². The van der Waals surface area contributed by atoms with Gasteiger partial charge in [-0.15, -0.1) is 11.3 Å². The number of ketones is 1. The molecule has 0 aliphatic carbocycles. The Kier molecular flexibility index (Phi) is 6.48. The monoisotopic (exact) mass is 451 g/mol. The number of amides is 2. The van der Waals surface area contributed by atoms with Crippen molar-refractivity contribution in [2.24, 2.45) is 0 Å². The van der Waals surface area contributed by atoms with Gasteiger partial charge in [-0.05, 0) is 31.7 Å². The predicted octanol–water partition coefficient (Wildman–Crippen LogP) is 2.91. The first-order valence-electron chi connectivity index (χ1n) is 10.4. The summed E-state index contributed by atoms with van der Waals surface area (Å²) in [4.78, 5) is 41.8. The molecule has 2 amide bonds. The van der Waals surface area contributed by atoms with Crippen LogP contribution in [0.25, 0.3) is 0 Å². The SMILES string of the molecule is CC(=O)c1ccc(C(=O)Nc2cnn(CC(=O)N3CCN(C)C(c4ccccc4)C3)c2)s1. The number of benzene rings is 1. The summed E-state index contributed by atoms with van der Waals surface area (Å²) in [6.45, 7) is 3.67. The number of hydrogen-bond acceptors (Lipinski definition) is 6. The fourth-order valence-electron chi connectivity index (χ4n) is 3.73. The molecule has 166 valence electrons. The Morgan fingerprint density at radius 3 is 2.56 bits per heavy atom. The summed E-state index contributed by atoms with van der Waals surface area (Å²) in [6, 6.07) is 13.6. The van der Waals surface area contributed by atoms with E-state index >= 15 is 0 Å². The third-order valence-electron chi connectivity index (χ3n) is 5.55. The Morgan fingerprint density at radius 1 is 1.09 bits per heavy atom. The summed E-state index contributed by atoms with van der Waals surface area (Å²) < 4.78 is 1.53. The molecule has 1 aromatic carbocycles. The number of anilines is 1. The van der Waals surface area contributed by atoms with Gasteiger partial charge in [-0.25, -0.2) is 0 Å². The maximum absolute atomic E-state index is 12.9. The molecule has 0 spiro atoms. The smallest absolute Gasteiger partial charge is 0.265 e. The van der Waals surface area contributed by atoms with E-state index in [0.717, 1.165) is 17.9 Å². The minimum atomic E-state index is -0.307. The number of aromatic nitrogens is 2. The van der Waals surface area contributed by atoms with Crippen molar-refractivity contribution in [3.8, 4) is 0 Å². The molecule has 0 bridgehead atoms. The van der Waals surface area contributed by atoms with Crippen molar-refractivity contribution in [3.63, 3.8) is 0 Å². The lowest BCUT2D eigenvalue weighted by Crippen LogP contribution is -2.49. The number of rotatable bonds is 6. The summed E-state index contributed by atoms with van der Waals surface area (Å²) in [6.07, 6.45) is 3.15. The molecule has 2 aromatic heterocycles. The second kappa shape index (κ2) is 9.46. The van der Waals surface area contributed by atoms with E-state index in [1.807, 2.05) is 23.1 Å². The van der Waals surface area contributed by atoms with Gasteiger partial charge in [0.25, 0.3) is 5.91 Å². The van der Waals surface area contributed by atoms with Crippen molar-refractivity contribution >= 4 is 34.6 Å². The van der Waals surface area contributed by atoms with Gasteiger partial charge < -0.3 is 10.2 Å². The molecule has 1 atom stereocenters. The van der Waals surface area contributed by atoms with Crippen molar-refractivity contribution < 1.29 is 14.4 Å². The predicted molar refractivity (Wildman–Crippen MR) is 123 cm³/mol. The van der Waals surface area contributed by atoms with E-state index in [1.165, 1.54) is 23.4 Å². The van der Waals surface area contributed by atoms with Crippen LogP contribution >= 0.6 is 11.3 Å². The van der Waals surface area contributed by atoms with Crippen LogP contribution in [-0.4, -0.2) is 63.9 Å². The van der Waals surface area contributed by atoms with Crippen LogP contribution in [0.3, 0.4) is 0 Å². The molecule has 0 radical (unpaired) electrons.